The smallest absolute Gasteiger partial charge is 0.415 e. The summed E-state index contributed by atoms with van der Waals surface area (Å²) in [6, 6.07) is 23.3. The molecule has 54 heavy (non-hydrogen) atoms. The van der Waals surface area contributed by atoms with Crippen LogP contribution in [0, 0.1) is 0 Å². The van der Waals surface area contributed by atoms with Crippen LogP contribution in [0.3, 0.4) is 0 Å². The van der Waals surface area contributed by atoms with E-state index in [1.54, 1.807) is 34.1 Å². The minimum Gasteiger partial charge on any atom is -0.465 e. The Hall–Kier alpha value is -6.64. The van der Waals surface area contributed by atoms with Crippen LogP contribution >= 0.6 is 0 Å². The topological polar surface area (TPSA) is 183 Å². The molecule has 3 fully saturated rings. The number of nitrogens with zero attached hydrogens (tertiary/aromatic N) is 6. The molecule has 4 aromatic rings. The zero-order valence-corrected chi connectivity index (χ0v) is 29.1. The Morgan fingerprint density at radius 1 is 0.907 bits per heavy atom. The van der Waals surface area contributed by atoms with Gasteiger partial charge in [0.25, 0.3) is 5.91 Å². The van der Waals surface area contributed by atoms with Crippen molar-refractivity contribution in [1.82, 2.24) is 30.0 Å². The maximum absolute atomic E-state index is 14.3. The Morgan fingerprint density at radius 2 is 1.59 bits per heavy atom. The number of nitrogens with one attached hydrogen (secondary N) is 1. The molecule has 0 aliphatic carbocycles. The largest absolute Gasteiger partial charge is 0.465 e. The van der Waals surface area contributed by atoms with Crippen LogP contribution in [0.1, 0.15) is 46.1 Å². The fourth-order valence-electron chi connectivity index (χ4n) is 7.36. The predicted molar refractivity (Wildman–Crippen MR) is 192 cm³/mol. The van der Waals surface area contributed by atoms with Gasteiger partial charge in [-0.05, 0) is 36.1 Å². The summed E-state index contributed by atoms with van der Waals surface area (Å²) in [5.74, 6) is -1.85. The molecule has 3 saturated heterocycles. The molecule has 1 aromatic heterocycles. The first-order valence-corrected chi connectivity index (χ1v) is 17.5. The predicted octanol–water partition coefficient (Wildman–Crippen LogP) is 3.27. The first-order valence-electron chi connectivity index (χ1n) is 17.5. The van der Waals surface area contributed by atoms with E-state index in [0.29, 0.717) is 16.8 Å². The minimum absolute atomic E-state index is 0.0558. The molecule has 0 saturated carbocycles. The number of para-hydroxylation sites is 1. The number of aromatic nitrogens is 2. The number of benzene rings is 3. The number of ether oxygens (including phenoxy) is 1. The average Bonchev–Trinajstić information content (AvgIpc) is 3.70. The lowest BCUT2D eigenvalue weighted by Gasteiger charge is -2.44. The summed E-state index contributed by atoms with van der Waals surface area (Å²) in [6.07, 6.45) is 2.66. The summed E-state index contributed by atoms with van der Waals surface area (Å²) in [4.78, 5) is 92.8. The second kappa shape index (κ2) is 15.1. The number of piperidine rings is 1. The molecular formula is C39H37N7O8. The van der Waals surface area contributed by atoms with E-state index >= 15 is 0 Å². The van der Waals surface area contributed by atoms with E-state index in [1.807, 2.05) is 60.7 Å². The molecule has 15 nitrogen and oxygen atoms in total. The number of hydrogen-bond acceptors (Lipinski definition) is 10. The maximum Gasteiger partial charge on any atom is 0.415 e. The standard InChI is InChI=1S/C39H37N7O8/c47-33(23-44-32(24-54-38(44)53)27-7-3-1-4-8-27)42-30(21-26-11-13-28(14-12-26)34(48)31-22-40-17-18-41-31)35(49)43-19-15-39(16-20-43)36(50)45(37(51)52)25-46(39)29-9-5-2-6-10-29/h1-14,17-18,22,30,32H,15-16,19-21,23-25H2,(H,42,47)(H,51,52)/t30-,32+/m0/s1. The van der Waals surface area contributed by atoms with Crippen LogP contribution in [-0.2, 0) is 25.5 Å². The number of carboxylic acid groups (broad SMARTS) is 1. The van der Waals surface area contributed by atoms with Crippen molar-refractivity contribution < 1.29 is 38.6 Å². The first-order chi connectivity index (χ1) is 26.1. The molecule has 15 heteroatoms. The molecule has 2 atom stereocenters. The highest BCUT2D eigenvalue weighted by atomic mass is 16.6. The van der Waals surface area contributed by atoms with E-state index < -0.39 is 47.5 Å². The van der Waals surface area contributed by atoms with Crippen molar-refractivity contribution in [3.8, 4) is 0 Å². The second-order valence-corrected chi connectivity index (χ2v) is 13.3. The maximum atomic E-state index is 14.3. The molecule has 5 amide bonds. The number of carbonyl (C=O) groups is 6. The lowest BCUT2D eigenvalue weighted by molar-refractivity contribution is -0.140. The molecule has 2 N–H and O–H groups in total. The third-order valence-corrected chi connectivity index (χ3v) is 10.2. The summed E-state index contributed by atoms with van der Waals surface area (Å²) in [5.41, 5.74) is 1.51. The van der Waals surface area contributed by atoms with E-state index in [9.17, 15) is 33.9 Å². The molecule has 0 bridgehead atoms. The number of anilines is 1. The lowest BCUT2D eigenvalue weighted by Crippen LogP contribution is -2.60. The number of amides is 5. The van der Waals surface area contributed by atoms with Crippen LogP contribution in [0.5, 0.6) is 0 Å². The minimum atomic E-state index is -1.35. The molecule has 0 radical (unpaired) electrons. The van der Waals surface area contributed by atoms with Gasteiger partial charge in [0.1, 0.15) is 37.1 Å². The van der Waals surface area contributed by atoms with Gasteiger partial charge in [0, 0.05) is 43.2 Å². The van der Waals surface area contributed by atoms with Crippen molar-refractivity contribution in [2.24, 2.45) is 0 Å². The lowest BCUT2D eigenvalue weighted by atomic mass is 9.85. The number of hydrogen-bond donors (Lipinski definition) is 2. The van der Waals surface area contributed by atoms with Gasteiger partial charge in [-0.15, -0.1) is 0 Å². The number of likely N-dealkylation sites (tertiary alicyclic amines) is 1. The Kier molecular flexibility index (Phi) is 10.0. The Bertz CT molecular complexity index is 2040. The normalized spacial score (nSPS) is 18.4. The van der Waals surface area contributed by atoms with Crippen molar-refractivity contribution in [2.45, 2.75) is 36.9 Å². The van der Waals surface area contributed by atoms with Crippen LogP contribution < -0.4 is 10.2 Å². The van der Waals surface area contributed by atoms with Crippen LogP contribution in [0.4, 0.5) is 15.3 Å². The quantitative estimate of drug-likeness (QED) is 0.229. The average molecular weight is 732 g/mol. The molecular weight excluding hydrogens is 694 g/mol. The number of cyclic esters (lactones) is 1. The highest BCUT2D eigenvalue weighted by Crippen LogP contribution is 2.39. The van der Waals surface area contributed by atoms with Gasteiger partial charge in [-0.3, -0.25) is 29.1 Å². The summed E-state index contributed by atoms with van der Waals surface area (Å²) >= 11 is 0. The van der Waals surface area contributed by atoms with Crippen LogP contribution in [0.2, 0.25) is 0 Å². The second-order valence-electron chi connectivity index (χ2n) is 13.3. The van der Waals surface area contributed by atoms with Gasteiger partial charge in [-0.25, -0.2) is 19.5 Å². The van der Waals surface area contributed by atoms with Gasteiger partial charge >= 0.3 is 12.2 Å². The summed E-state index contributed by atoms with van der Waals surface area (Å²) in [5, 5.41) is 12.7. The van der Waals surface area contributed by atoms with Gasteiger partial charge in [-0.2, -0.15) is 0 Å². The van der Waals surface area contributed by atoms with Gasteiger partial charge in [0.2, 0.25) is 17.6 Å². The van der Waals surface area contributed by atoms with Crippen molar-refractivity contribution in [1.29, 1.82) is 0 Å². The van der Waals surface area contributed by atoms with Crippen LogP contribution in [-0.4, -0.2) is 110 Å². The Balaban J connectivity index is 1.10. The number of ketones is 1. The number of carbonyl (C=O) groups excluding carboxylic acids is 5. The van der Waals surface area contributed by atoms with Gasteiger partial charge in [-0.1, -0.05) is 72.8 Å². The Morgan fingerprint density at radius 3 is 2.24 bits per heavy atom. The molecule has 4 heterocycles. The molecule has 3 aliphatic heterocycles. The summed E-state index contributed by atoms with van der Waals surface area (Å²) in [6.45, 7) is -0.182. The highest BCUT2D eigenvalue weighted by Gasteiger charge is 2.56. The Labute approximate surface area is 310 Å². The van der Waals surface area contributed by atoms with E-state index in [4.69, 9.17) is 4.74 Å². The van der Waals surface area contributed by atoms with Crippen LogP contribution in [0.15, 0.2) is 104 Å². The van der Waals surface area contributed by atoms with E-state index in [1.165, 1.54) is 23.5 Å². The molecule has 3 aromatic carbocycles. The molecule has 276 valence electrons. The van der Waals surface area contributed by atoms with Crippen molar-refractivity contribution >= 4 is 41.4 Å². The fraction of sp³-hybridized carbons (Fsp3) is 0.282. The summed E-state index contributed by atoms with van der Waals surface area (Å²) in [7, 11) is 0. The fourth-order valence-corrected chi connectivity index (χ4v) is 7.36. The third-order valence-electron chi connectivity index (χ3n) is 10.2. The van der Waals surface area contributed by atoms with E-state index in [-0.39, 0.29) is 63.6 Å². The highest BCUT2D eigenvalue weighted by molar-refractivity contribution is 6.07. The van der Waals surface area contributed by atoms with Gasteiger partial charge in [0.05, 0.1) is 12.2 Å². The molecule has 0 unspecified atom stereocenters. The third kappa shape index (κ3) is 7.07. The van der Waals surface area contributed by atoms with Crippen molar-refractivity contribution in [3.63, 3.8) is 0 Å². The van der Waals surface area contributed by atoms with E-state index in [0.717, 1.165) is 10.5 Å². The number of rotatable bonds is 10. The van der Waals surface area contributed by atoms with Gasteiger partial charge < -0.3 is 25.0 Å². The molecule has 3 aliphatic rings. The first kappa shape index (κ1) is 35.7. The zero-order chi connectivity index (χ0) is 37.8. The SMILES string of the molecule is O=C(CN1C(=O)OC[C@@H]1c1ccccc1)N[C@@H](Cc1ccc(C(=O)c2cnccn2)cc1)C(=O)N1CCC2(CC1)C(=O)N(C(=O)O)CN2c1ccccc1. The van der Waals surface area contributed by atoms with Gasteiger partial charge in [0.15, 0.2) is 0 Å². The molecule has 1 spiro atoms. The zero-order valence-electron chi connectivity index (χ0n) is 29.1. The van der Waals surface area contributed by atoms with Crippen molar-refractivity contribution in [2.75, 3.05) is 37.8 Å². The molecule has 7 rings (SSSR count). The number of imide groups is 1. The van der Waals surface area contributed by atoms with Crippen molar-refractivity contribution in [3.05, 3.63) is 126 Å². The van der Waals surface area contributed by atoms with Crippen LogP contribution in [0.25, 0.3) is 0 Å². The monoisotopic (exact) mass is 731 g/mol. The summed E-state index contributed by atoms with van der Waals surface area (Å²) < 4.78 is 5.28. The van der Waals surface area contributed by atoms with E-state index in [2.05, 4.69) is 15.3 Å².